The van der Waals surface area contributed by atoms with E-state index in [1.807, 2.05) is 20.9 Å². The first kappa shape index (κ1) is 14.2. The van der Waals surface area contributed by atoms with Gasteiger partial charge in [-0.1, -0.05) is 19.0 Å². The Kier molecular flexibility index (Phi) is 5.88. The molecule has 0 unspecified atom stereocenters. The molecule has 1 aliphatic rings. The maximum atomic E-state index is 5.70. The van der Waals surface area contributed by atoms with Crippen LogP contribution in [0.5, 0.6) is 0 Å². The molecule has 9 heteroatoms. The molecule has 9 nitrogen and oxygen atoms in total. The standard InChI is InChI=1S/C7H14N8O.C2H6/c1-14-12-6(11-13-14)3-2-4-15(8)7-9-5-10-16-7;1-2/h5,13H,2-4,8H2,1H3,(H,11,12);1-2H3. The number of anilines is 1. The molecule has 0 saturated heterocycles. The normalized spacial score (nSPS) is 14.1. The van der Waals surface area contributed by atoms with E-state index in [0.717, 1.165) is 18.7 Å². The minimum Gasteiger partial charge on any atom is -0.314 e. The second kappa shape index (κ2) is 7.45. The number of nitrogens with two attached hydrogens (primary N) is 1. The summed E-state index contributed by atoms with van der Waals surface area (Å²) in [5, 5.41) is 10.6. The maximum absolute atomic E-state index is 5.70. The number of hydrogen-bond donors (Lipinski definition) is 3. The molecular weight excluding hydrogens is 236 g/mol. The Hall–Kier alpha value is -1.87. The molecule has 1 aliphatic heterocycles. The van der Waals surface area contributed by atoms with Crippen LogP contribution in [0.1, 0.15) is 26.7 Å². The Morgan fingerprint density at radius 3 is 2.83 bits per heavy atom. The van der Waals surface area contributed by atoms with Crippen molar-refractivity contribution in [2.24, 2.45) is 10.9 Å². The van der Waals surface area contributed by atoms with Gasteiger partial charge in [0.2, 0.25) is 0 Å². The summed E-state index contributed by atoms with van der Waals surface area (Å²) in [6.45, 7) is 4.62. The van der Waals surface area contributed by atoms with Crippen LogP contribution in [0.25, 0.3) is 0 Å². The zero-order valence-corrected chi connectivity index (χ0v) is 10.9. The van der Waals surface area contributed by atoms with Crippen molar-refractivity contribution < 1.29 is 4.52 Å². The summed E-state index contributed by atoms with van der Waals surface area (Å²) in [6.07, 6.45) is 2.94. The topological polar surface area (TPSA) is 108 Å². The number of hydrogen-bond acceptors (Lipinski definition) is 9. The second-order valence-corrected chi connectivity index (χ2v) is 3.35. The monoisotopic (exact) mass is 256 g/mol. The van der Waals surface area contributed by atoms with E-state index in [1.54, 1.807) is 5.12 Å². The van der Waals surface area contributed by atoms with Crippen LogP contribution in [0.3, 0.4) is 0 Å². The van der Waals surface area contributed by atoms with Crippen molar-refractivity contribution in [1.29, 1.82) is 0 Å². The van der Waals surface area contributed by atoms with Gasteiger partial charge < -0.3 is 4.52 Å². The molecule has 2 rings (SSSR count). The third-order valence-electron chi connectivity index (χ3n) is 2.04. The summed E-state index contributed by atoms with van der Waals surface area (Å²) in [6, 6.07) is 0.316. The van der Waals surface area contributed by atoms with Crippen molar-refractivity contribution in [3.63, 3.8) is 0 Å². The SMILES string of the molecule is CC.CN1NN=C(CCCN(N)c2ncno2)N1. The predicted octanol–water partition coefficient (Wildman–Crippen LogP) is -0.176. The Bertz CT molecular complexity index is 351. The van der Waals surface area contributed by atoms with E-state index >= 15 is 0 Å². The third kappa shape index (κ3) is 4.18. The van der Waals surface area contributed by atoms with E-state index in [9.17, 15) is 0 Å². The molecule has 0 bridgehead atoms. The Balaban J connectivity index is 0.000000771. The van der Waals surface area contributed by atoms with Crippen molar-refractivity contribution in [1.82, 2.24) is 26.2 Å². The Morgan fingerprint density at radius 1 is 1.50 bits per heavy atom. The van der Waals surface area contributed by atoms with Gasteiger partial charge in [-0.25, -0.2) is 11.4 Å². The van der Waals surface area contributed by atoms with E-state index in [2.05, 4.69) is 26.2 Å². The lowest BCUT2D eigenvalue weighted by Crippen LogP contribution is -2.38. The molecule has 1 aromatic rings. The van der Waals surface area contributed by atoms with Crippen LogP contribution >= 0.6 is 0 Å². The van der Waals surface area contributed by atoms with Crippen LogP contribution in [-0.4, -0.2) is 34.7 Å². The molecule has 0 aliphatic carbocycles. The van der Waals surface area contributed by atoms with Crippen LogP contribution in [0, 0.1) is 0 Å². The molecule has 4 N–H and O–H groups in total. The lowest BCUT2D eigenvalue weighted by Gasteiger charge is -2.12. The first-order chi connectivity index (χ1) is 8.75. The van der Waals surface area contributed by atoms with Crippen molar-refractivity contribution >= 4 is 11.9 Å². The van der Waals surface area contributed by atoms with Crippen molar-refractivity contribution in [3.05, 3.63) is 6.33 Å². The first-order valence-corrected chi connectivity index (χ1v) is 5.87. The minimum absolute atomic E-state index is 0.316. The van der Waals surface area contributed by atoms with Crippen molar-refractivity contribution in [3.8, 4) is 0 Å². The zero-order chi connectivity index (χ0) is 13.4. The smallest absolute Gasteiger partial charge is 0.314 e. The lowest BCUT2D eigenvalue weighted by molar-refractivity contribution is 0.231. The zero-order valence-electron chi connectivity index (χ0n) is 10.9. The van der Waals surface area contributed by atoms with Gasteiger partial charge in [-0.05, 0) is 6.42 Å². The quantitative estimate of drug-likeness (QED) is 0.492. The van der Waals surface area contributed by atoms with E-state index in [0.29, 0.717) is 12.6 Å². The van der Waals surface area contributed by atoms with Crippen LogP contribution in [0.4, 0.5) is 6.01 Å². The summed E-state index contributed by atoms with van der Waals surface area (Å²) in [7, 11) is 1.84. The van der Waals surface area contributed by atoms with E-state index in [4.69, 9.17) is 10.4 Å². The number of hydrazine groups is 3. The van der Waals surface area contributed by atoms with Crippen LogP contribution in [0.15, 0.2) is 16.0 Å². The molecular formula is C9H20N8O. The fourth-order valence-corrected chi connectivity index (χ4v) is 1.30. The largest absolute Gasteiger partial charge is 0.337 e. The Labute approximate surface area is 106 Å². The van der Waals surface area contributed by atoms with Gasteiger partial charge in [-0.2, -0.15) is 4.98 Å². The molecule has 0 radical (unpaired) electrons. The van der Waals surface area contributed by atoms with Crippen LogP contribution in [0.2, 0.25) is 0 Å². The molecule has 0 atom stereocenters. The number of aromatic nitrogens is 2. The fraction of sp³-hybridized carbons (Fsp3) is 0.667. The molecule has 18 heavy (non-hydrogen) atoms. The summed E-state index contributed by atoms with van der Waals surface area (Å²) in [5.41, 5.74) is 5.78. The minimum atomic E-state index is 0.316. The number of nitrogens with one attached hydrogen (secondary N) is 2. The van der Waals surface area contributed by atoms with Crippen LogP contribution in [-0.2, 0) is 0 Å². The molecule has 0 amide bonds. The molecule has 102 valence electrons. The molecule has 1 aromatic heterocycles. The van der Waals surface area contributed by atoms with Gasteiger partial charge in [-0.15, -0.1) is 10.2 Å². The maximum Gasteiger partial charge on any atom is 0.337 e. The Morgan fingerprint density at radius 2 is 2.28 bits per heavy atom. The second-order valence-electron chi connectivity index (χ2n) is 3.35. The van der Waals surface area contributed by atoms with Crippen molar-refractivity contribution in [2.45, 2.75) is 26.7 Å². The van der Waals surface area contributed by atoms with E-state index < -0.39 is 0 Å². The van der Waals surface area contributed by atoms with E-state index in [1.165, 1.54) is 11.3 Å². The molecule has 0 aromatic carbocycles. The highest BCUT2D eigenvalue weighted by Gasteiger charge is 2.11. The van der Waals surface area contributed by atoms with Gasteiger partial charge in [0.25, 0.3) is 0 Å². The molecule has 0 spiro atoms. The highest BCUT2D eigenvalue weighted by Crippen LogP contribution is 2.05. The highest BCUT2D eigenvalue weighted by molar-refractivity contribution is 5.82. The van der Waals surface area contributed by atoms with Gasteiger partial charge in [0.1, 0.15) is 5.84 Å². The van der Waals surface area contributed by atoms with Gasteiger partial charge in [0.05, 0.1) is 0 Å². The van der Waals surface area contributed by atoms with E-state index in [-0.39, 0.29) is 0 Å². The van der Waals surface area contributed by atoms with Gasteiger partial charge in [-0.3, -0.25) is 10.4 Å². The summed E-state index contributed by atoms with van der Waals surface area (Å²) >= 11 is 0. The number of nitrogens with zero attached hydrogens (tertiary/aromatic N) is 5. The average Bonchev–Trinajstić information content (AvgIpc) is 3.03. The number of amidine groups is 1. The van der Waals surface area contributed by atoms with Crippen molar-refractivity contribution in [2.75, 3.05) is 18.6 Å². The fourth-order valence-electron chi connectivity index (χ4n) is 1.30. The average molecular weight is 256 g/mol. The van der Waals surface area contributed by atoms with Crippen LogP contribution < -0.4 is 21.8 Å². The third-order valence-corrected chi connectivity index (χ3v) is 2.04. The predicted molar refractivity (Wildman–Crippen MR) is 67.9 cm³/mol. The first-order valence-electron chi connectivity index (χ1n) is 5.87. The molecule has 2 heterocycles. The summed E-state index contributed by atoms with van der Waals surface area (Å²) in [4.78, 5) is 3.84. The highest BCUT2D eigenvalue weighted by atomic mass is 16.5. The lowest BCUT2D eigenvalue weighted by atomic mass is 10.3. The molecule has 0 saturated carbocycles. The summed E-state index contributed by atoms with van der Waals surface area (Å²) < 4.78 is 4.81. The van der Waals surface area contributed by atoms with Gasteiger partial charge in [0, 0.05) is 20.0 Å². The number of hydrazone groups is 1. The van der Waals surface area contributed by atoms with Gasteiger partial charge in [0.15, 0.2) is 6.33 Å². The summed E-state index contributed by atoms with van der Waals surface area (Å²) in [5.74, 6) is 6.58. The van der Waals surface area contributed by atoms with Gasteiger partial charge >= 0.3 is 6.01 Å². The molecule has 0 fully saturated rings. The number of rotatable bonds is 5.